The summed E-state index contributed by atoms with van der Waals surface area (Å²) in [6, 6.07) is 3.71. The Morgan fingerprint density at radius 3 is 2.07 bits per heavy atom. The van der Waals surface area contributed by atoms with E-state index in [4.69, 9.17) is 21.1 Å². The number of hydrogen-bond donors (Lipinski definition) is 1. The van der Waals surface area contributed by atoms with Crippen LogP contribution in [0, 0.1) is 0 Å². The van der Waals surface area contributed by atoms with Crippen LogP contribution in [0.1, 0.15) is 63.9 Å². The van der Waals surface area contributed by atoms with E-state index in [1.807, 2.05) is 26.0 Å². The highest BCUT2D eigenvalue weighted by Crippen LogP contribution is 2.48. The molecule has 1 aromatic rings. The Balaban J connectivity index is 1.90. The lowest BCUT2D eigenvalue weighted by molar-refractivity contribution is -0.116. The number of Topliss-reactive ketones (excluding diaryl/α,β-unsaturated/α-hetero) is 2. The van der Waals surface area contributed by atoms with Gasteiger partial charge in [-0.15, -0.1) is 0 Å². The zero-order valence-electron chi connectivity index (χ0n) is 16.9. The van der Waals surface area contributed by atoms with Crippen molar-refractivity contribution in [2.24, 2.45) is 0 Å². The van der Waals surface area contributed by atoms with E-state index in [2.05, 4.69) is 5.32 Å². The van der Waals surface area contributed by atoms with Crippen molar-refractivity contribution in [3.05, 3.63) is 45.3 Å². The molecule has 4 rings (SSSR count). The lowest BCUT2D eigenvalue weighted by Gasteiger charge is -2.37. The second-order valence-electron chi connectivity index (χ2n) is 7.59. The Morgan fingerprint density at radius 1 is 0.931 bits per heavy atom. The maximum absolute atomic E-state index is 12.9. The maximum Gasteiger partial charge on any atom is 0.179 e. The first-order chi connectivity index (χ1) is 14.0. The van der Waals surface area contributed by atoms with E-state index in [-0.39, 0.29) is 11.6 Å². The number of nitrogens with one attached hydrogen (secondary N) is 1. The maximum atomic E-state index is 12.9. The number of carbonyl (C=O) groups excluding carboxylic acids is 2. The molecule has 0 saturated carbocycles. The first-order valence-electron chi connectivity index (χ1n) is 10.4. The summed E-state index contributed by atoms with van der Waals surface area (Å²) in [5.41, 5.74) is 4.17. The zero-order valence-corrected chi connectivity index (χ0v) is 17.7. The topological polar surface area (TPSA) is 64.6 Å². The molecule has 1 heterocycles. The Morgan fingerprint density at radius 2 is 1.52 bits per heavy atom. The van der Waals surface area contributed by atoms with Crippen molar-refractivity contribution in [3.8, 4) is 11.5 Å². The molecule has 0 unspecified atom stereocenters. The van der Waals surface area contributed by atoms with Gasteiger partial charge in [0.2, 0.25) is 0 Å². The van der Waals surface area contributed by atoms with Crippen LogP contribution in [-0.2, 0) is 9.59 Å². The second-order valence-corrected chi connectivity index (χ2v) is 8.00. The molecular weight excluding hydrogens is 390 g/mol. The predicted molar refractivity (Wildman–Crippen MR) is 111 cm³/mol. The van der Waals surface area contributed by atoms with Gasteiger partial charge in [0.1, 0.15) is 0 Å². The lowest BCUT2D eigenvalue weighted by Crippen LogP contribution is -2.36. The predicted octanol–water partition coefficient (Wildman–Crippen LogP) is 4.84. The van der Waals surface area contributed by atoms with Gasteiger partial charge in [0.15, 0.2) is 23.1 Å². The molecule has 0 bridgehead atoms. The summed E-state index contributed by atoms with van der Waals surface area (Å²) in [4.78, 5) is 25.9. The highest BCUT2D eigenvalue weighted by atomic mass is 35.5. The largest absolute Gasteiger partial charge is 0.490 e. The smallest absolute Gasteiger partial charge is 0.179 e. The van der Waals surface area contributed by atoms with E-state index in [1.54, 1.807) is 0 Å². The molecule has 1 aliphatic heterocycles. The number of hydrogen-bond acceptors (Lipinski definition) is 5. The number of halogens is 1. The average Bonchev–Trinajstić information content (AvgIpc) is 2.69. The Bertz CT molecular complexity index is 889. The number of rotatable bonds is 5. The molecule has 1 N–H and O–H groups in total. The average molecular weight is 416 g/mol. The van der Waals surface area contributed by atoms with Crippen LogP contribution in [-0.4, -0.2) is 24.8 Å². The van der Waals surface area contributed by atoms with Gasteiger partial charge in [-0.05, 0) is 57.2 Å². The SMILES string of the molecule is CCOc1cc(C2C3=C(CCCC3=O)NC3=C2C(=O)CCC3)cc(Cl)c1OCC. The summed E-state index contributed by atoms with van der Waals surface area (Å²) >= 11 is 6.57. The van der Waals surface area contributed by atoms with Gasteiger partial charge in [0.25, 0.3) is 0 Å². The van der Waals surface area contributed by atoms with Crippen LogP contribution < -0.4 is 14.8 Å². The van der Waals surface area contributed by atoms with Gasteiger partial charge < -0.3 is 14.8 Å². The molecule has 5 nitrogen and oxygen atoms in total. The number of allylic oxidation sites excluding steroid dienone is 4. The number of carbonyl (C=O) groups is 2. The minimum absolute atomic E-state index is 0.108. The third-order valence-corrected chi connectivity index (χ3v) is 6.03. The van der Waals surface area contributed by atoms with Crippen molar-refractivity contribution in [2.45, 2.75) is 58.3 Å². The molecular formula is C23H26ClNO4. The highest BCUT2D eigenvalue weighted by molar-refractivity contribution is 6.32. The van der Waals surface area contributed by atoms with Gasteiger partial charge >= 0.3 is 0 Å². The van der Waals surface area contributed by atoms with Gasteiger partial charge in [0.05, 0.1) is 18.2 Å². The molecule has 0 fully saturated rings. The van der Waals surface area contributed by atoms with Gasteiger partial charge in [-0.25, -0.2) is 0 Å². The Labute approximate surface area is 176 Å². The second kappa shape index (κ2) is 8.23. The molecule has 0 saturated heterocycles. The normalized spacial score (nSPS) is 19.7. The lowest BCUT2D eigenvalue weighted by atomic mass is 9.71. The Hall–Kier alpha value is -2.27. The van der Waals surface area contributed by atoms with Crippen LogP contribution in [0.25, 0.3) is 0 Å². The van der Waals surface area contributed by atoms with Crippen molar-refractivity contribution in [1.82, 2.24) is 5.32 Å². The molecule has 6 heteroatoms. The molecule has 0 spiro atoms. The molecule has 1 aromatic carbocycles. The van der Waals surface area contributed by atoms with E-state index >= 15 is 0 Å². The first kappa shape index (κ1) is 20.0. The summed E-state index contributed by atoms with van der Waals surface area (Å²) in [6.45, 7) is 4.72. The van der Waals surface area contributed by atoms with Crippen LogP contribution in [0.4, 0.5) is 0 Å². The quantitative estimate of drug-likeness (QED) is 0.745. The summed E-state index contributed by atoms with van der Waals surface area (Å²) < 4.78 is 11.5. The van der Waals surface area contributed by atoms with Gasteiger partial charge in [0, 0.05) is 41.3 Å². The summed E-state index contributed by atoms with van der Waals surface area (Å²) in [7, 11) is 0. The van der Waals surface area contributed by atoms with E-state index in [0.717, 1.165) is 42.6 Å². The zero-order chi connectivity index (χ0) is 20.5. The van der Waals surface area contributed by atoms with Crippen LogP contribution in [0.2, 0.25) is 5.02 Å². The minimum Gasteiger partial charge on any atom is -0.490 e. The fourth-order valence-electron chi connectivity index (χ4n) is 4.62. The number of ketones is 2. The summed E-state index contributed by atoms with van der Waals surface area (Å²) in [5, 5.41) is 3.87. The number of dihydropyridines is 1. The van der Waals surface area contributed by atoms with Crippen molar-refractivity contribution in [3.63, 3.8) is 0 Å². The summed E-state index contributed by atoms with van der Waals surface area (Å²) in [6.07, 6.45) is 4.34. The van der Waals surface area contributed by atoms with Crippen LogP contribution in [0.15, 0.2) is 34.7 Å². The van der Waals surface area contributed by atoms with E-state index in [1.165, 1.54) is 0 Å². The van der Waals surface area contributed by atoms with Gasteiger partial charge in [-0.1, -0.05) is 11.6 Å². The molecule has 0 amide bonds. The standard InChI is InChI=1S/C23H26ClNO4/c1-3-28-19-12-13(11-14(24)23(19)29-4-2)20-21-15(7-5-9-17(21)26)25-16-8-6-10-18(27)22(16)20/h11-12,20,25H,3-10H2,1-2H3. The van der Waals surface area contributed by atoms with E-state index in [9.17, 15) is 9.59 Å². The van der Waals surface area contributed by atoms with E-state index < -0.39 is 5.92 Å². The number of ether oxygens (including phenoxy) is 2. The molecule has 2 aliphatic carbocycles. The highest BCUT2D eigenvalue weighted by Gasteiger charge is 2.40. The summed E-state index contributed by atoms with van der Waals surface area (Å²) in [5.74, 6) is 0.871. The minimum atomic E-state index is -0.394. The monoisotopic (exact) mass is 415 g/mol. The first-order valence-corrected chi connectivity index (χ1v) is 10.8. The van der Waals surface area contributed by atoms with Gasteiger partial charge in [-0.2, -0.15) is 0 Å². The molecule has 154 valence electrons. The van der Waals surface area contributed by atoms with Crippen molar-refractivity contribution in [1.29, 1.82) is 0 Å². The molecule has 0 aromatic heterocycles. The van der Waals surface area contributed by atoms with Crippen LogP contribution in [0.5, 0.6) is 11.5 Å². The molecule has 29 heavy (non-hydrogen) atoms. The third-order valence-electron chi connectivity index (χ3n) is 5.75. The molecule has 0 radical (unpaired) electrons. The van der Waals surface area contributed by atoms with Crippen molar-refractivity contribution in [2.75, 3.05) is 13.2 Å². The van der Waals surface area contributed by atoms with Crippen molar-refractivity contribution >= 4 is 23.2 Å². The van der Waals surface area contributed by atoms with E-state index in [0.29, 0.717) is 53.7 Å². The third kappa shape index (κ3) is 3.57. The Kier molecular flexibility index (Phi) is 5.68. The van der Waals surface area contributed by atoms with Crippen LogP contribution >= 0.6 is 11.6 Å². The number of benzene rings is 1. The van der Waals surface area contributed by atoms with Crippen molar-refractivity contribution < 1.29 is 19.1 Å². The fourth-order valence-corrected chi connectivity index (χ4v) is 4.89. The van der Waals surface area contributed by atoms with Crippen LogP contribution in [0.3, 0.4) is 0 Å². The molecule has 3 aliphatic rings. The fraction of sp³-hybridized carbons (Fsp3) is 0.478. The van der Waals surface area contributed by atoms with Gasteiger partial charge in [-0.3, -0.25) is 9.59 Å². The molecule has 0 atom stereocenters.